The van der Waals surface area contributed by atoms with Gasteiger partial charge in [0.1, 0.15) is 6.07 Å². The number of halogens is 1. The Bertz CT molecular complexity index is 1470. The number of nitrogens with zero attached hydrogens (tertiary/aromatic N) is 5. The number of carbonyl (C=O) groups is 3. The first-order chi connectivity index (χ1) is 19.4. The van der Waals surface area contributed by atoms with Gasteiger partial charge in [0.25, 0.3) is 0 Å². The molecular weight excluding hydrogens is 552 g/mol. The molecule has 0 aromatic carbocycles. The van der Waals surface area contributed by atoms with Crippen molar-refractivity contribution < 1.29 is 28.6 Å². The lowest BCUT2D eigenvalue weighted by Crippen LogP contribution is -2.11. The van der Waals surface area contributed by atoms with E-state index in [0.717, 1.165) is 5.52 Å². The largest absolute Gasteiger partial charge is 0.462 e. The summed E-state index contributed by atoms with van der Waals surface area (Å²) in [7, 11) is 0. The molecule has 0 fully saturated rings. The Hall–Kier alpha value is -4.86. The molecule has 216 valence electrons. The van der Waals surface area contributed by atoms with Gasteiger partial charge in [-0.1, -0.05) is 0 Å². The molecule has 2 N–H and O–H groups in total. The van der Waals surface area contributed by atoms with E-state index in [1.165, 1.54) is 12.3 Å². The minimum absolute atomic E-state index is 0. The van der Waals surface area contributed by atoms with Crippen LogP contribution in [-0.2, 0) is 20.8 Å². The fourth-order valence-corrected chi connectivity index (χ4v) is 3.19. The van der Waals surface area contributed by atoms with Gasteiger partial charge in [-0.2, -0.15) is 5.26 Å². The summed E-state index contributed by atoms with van der Waals surface area (Å²) in [5, 5.41) is 8.62. The zero-order valence-electron chi connectivity index (χ0n) is 22.9. The van der Waals surface area contributed by atoms with E-state index in [2.05, 4.69) is 15.0 Å². The van der Waals surface area contributed by atoms with Gasteiger partial charge in [0.15, 0.2) is 5.69 Å². The maximum atomic E-state index is 11.5. The van der Waals surface area contributed by atoms with Crippen molar-refractivity contribution >= 4 is 35.8 Å². The van der Waals surface area contributed by atoms with Gasteiger partial charge in [-0.05, 0) is 57.2 Å². The van der Waals surface area contributed by atoms with Crippen LogP contribution in [0.5, 0.6) is 0 Å². The molecule has 4 heterocycles. The Morgan fingerprint density at radius 2 is 1.39 bits per heavy atom. The van der Waals surface area contributed by atoms with Crippen molar-refractivity contribution in [2.75, 3.05) is 19.8 Å². The maximum absolute atomic E-state index is 11.5. The van der Waals surface area contributed by atoms with Crippen LogP contribution in [0.2, 0.25) is 0 Å². The summed E-state index contributed by atoms with van der Waals surface area (Å²) in [6.07, 6.45) is 8.20. The van der Waals surface area contributed by atoms with E-state index in [0.29, 0.717) is 36.6 Å². The number of pyridine rings is 3. The van der Waals surface area contributed by atoms with Crippen LogP contribution in [0.3, 0.4) is 0 Å². The van der Waals surface area contributed by atoms with Crippen LogP contribution in [-0.4, -0.2) is 57.1 Å². The normalized spacial score (nSPS) is 9.44. The molecule has 4 aromatic rings. The first kappa shape index (κ1) is 34.2. The second-order valence-corrected chi connectivity index (χ2v) is 7.48. The molecule has 0 spiro atoms. The summed E-state index contributed by atoms with van der Waals surface area (Å²) in [6.45, 7) is 6.53. The van der Waals surface area contributed by atoms with Crippen molar-refractivity contribution in [2.45, 2.75) is 27.3 Å². The Labute approximate surface area is 243 Å². The fourth-order valence-electron chi connectivity index (χ4n) is 3.19. The monoisotopic (exact) mass is 582 g/mol. The summed E-state index contributed by atoms with van der Waals surface area (Å²) in [6, 6.07) is 11.8. The number of hydrogen-bond donors (Lipinski definition) is 1. The SMILES string of the molecule is CCOC(=O)c1cccn2cncc12.CCOC(=O)c1cccnc1C#N.CCOC(=O)c1cccnc1CN.Cl. The number of nitrogens with two attached hydrogens (primary N) is 1. The van der Waals surface area contributed by atoms with Crippen LogP contribution in [0.25, 0.3) is 5.52 Å². The highest BCUT2D eigenvalue weighted by Crippen LogP contribution is 2.11. The highest BCUT2D eigenvalue weighted by atomic mass is 35.5. The standard InChI is InChI=1S/C10H10N2O2.C9H12N2O2.C9H8N2O2.ClH/c1-2-14-10(13)8-4-3-5-12-7-11-6-9(8)12;2*1-2-13-9(12)7-4-3-5-11-8(7)6-10;/h3-7H,2H2,1H3;3-5H,2,6,10H2,1H3;3-5H,2H2,1H3;1H. The summed E-state index contributed by atoms with van der Waals surface area (Å²) in [5.74, 6) is -1.18. The van der Waals surface area contributed by atoms with Gasteiger partial charge in [-0.3, -0.25) is 4.98 Å². The van der Waals surface area contributed by atoms with Crippen molar-refractivity contribution in [3.63, 3.8) is 0 Å². The van der Waals surface area contributed by atoms with Gasteiger partial charge in [-0.15, -0.1) is 12.4 Å². The van der Waals surface area contributed by atoms with E-state index in [9.17, 15) is 14.4 Å². The minimum atomic E-state index is -0.507. The van der Waals surface area contributed by atoms with E-state index < -0.39 is 5.97 Å². The summed E-state index contributed by atoms with van der Waals surface area (Å²) in [5.41, 5.74) is 8.07. The molecular formula is C28H31ClN6O6. The second kappa shape index (κ2) is 18.4. The van der Waals surface area contributed by atoms with E-state index in [1.807, 2.05) is 12.3 Å². The van der Waals surface area contributed by atoms with Crippen LogP contribution in [0, 0.1) is 11.3 Å². The van der Waals surface area contributed by atoms with Gasteiger partial charge in [0, 0.05) is 25.1 Å². The number of hydrogen-bond acceptors (Lipinski definition) is 11. The molecule has 0 amide bonds. The average Bonchev–Trinajstić information content (AvgIpc) is 3.47. The zero-order chi connectivity index (χ0) is 29.3. The molecule has 12 nitrogen and oxygen atoms in total. The highest BCUT2D eigenvalue weighted by molar-refractivity contribution is 5.96. The number of aromatic nitrogens is 4. The molecule has 13 heteroatoms. The van der Waals surface area contributed by atoms with E-state index >= 15 is 0 Å². The Morgan fingerprint density at radius 3 is 1.98 bits per heavy atom. The number of nitriles is 1. The molecule has 4 rings (SSSR count). The number of ether oxygens (including phenoxy) is 3. The molecule has 41 heavy (non-hydrogen) atoms. The fraction of sp³-hybridized carbons (Fsp3) is 0.250. The van der Waals surface area contributed by atoms with Crippen molar-refractivity contribution in [2.24, 2.45) is 5.73 Å². The van der Waals surface area contributed by atoms with Crippen LogP contribution >= 0.6 is 12.4 Å². The second-order valence-electron chi connectivity index (χ2n) is 7.48. The van der Waals surface area contributed by atoms with E-state index in [-0.39, 0.29) is 42.1 Å². The Kier molecular flexibility index (Phi) is 15.4. The Morgan fingerprint density at radius 1 is 0.854 bits per heavy atom. The summed E-state index contributed by atoms with van der Waals surface area (Å²) >= 11 is 0. The summed E-state index contributed by atoms with van der Waals surface area (Å²) in [4.78, 5) is 45.7. The molecule has 0 saturated carbocycles. The number of carbonyl (C=O) groups excluding carboxylic acids is 3. The lowest BCUT2D eigenvalue weighted by Gasteiger charge is -2.04. The molecule has 0 radical (unpaired) electrons. The third-order valence-electron chi connectivity index (χ3n) is 4.93. The molecule has 0 unspecified atom stereocenters. The molecule has 0 aliphatic carbocycles. The van der Waals surface area contributed by atoms with Crippen molar-refractivity contribution in [3.8, 4) is 6.07 Å². The topological polar surface area (TPSA) is 172 Å². The van der Waals surface area contributed by atoms with Crippen molar-refractivity contribution in [1.82, 2.24) is 19.4 Å². The third kappa shape index (κ3) is 9.99. The Balaban J connectivity index is 0.000000304. The van der Waals surface area contributed by atoms with Crippen LogP contribution < -0.4 is 5.73 Å². The number of fused-ring (bicyclic) bond motifs is 1. The van der Waals surface area contributed by atoms with Crippen molar-refractivity contribution in [1.29, 1.82) is 5.26 Å². The van der Waals surface area contributed by atoms with Gasteiger partial charge in [-0.25, -0.2) is 24.4 Å². The van der Waals surface area contributed by atoms with E-state index in [1.54, 1.807) is 74.2 Å². The van der Waals surface area contributed by atoms with Gasteiger partial charge >= 0.3 is 17.9 Å². The van der Waals surface area contributed by atoms with Crippen LogP contribution in [0.4, 0.5) is 0 Å². The average molecular weight is 583 g/mol. The molecule has 0 aliphatic heterocycles. The highest BCUT2D eigenvalue weighted by Gasteiger charge is 2.13. The first-order valence-electron chi connectivity index (χ1n) is 12.3. The molecule has 0 bridgehead atoms. The minimum Gasteiger partial charge on any atom is -0.462 e. The molecule has 0 atom stereocenters. The third-order valence-corrected chi connectivity index (χ3v) is 4.93. The molecule has 0 aliphatic rings. The predicted octanol–water partition coefficient (Wildman–Crippen LogP) is 3.78. The lowest BCUT2D eigenvalue weighted by molar-refractivity contribution is 0.0515. The maximum Gasteiger partial charge on any atom is 0.341 e. The zero-order valence-corrected chi connectivity index (χ0v) is 23.7. The van der Waals surface area contributed by atoms with E-state index in [4.69, 9.17) is 25.2 Å². The molecule has 4 aromatic heterocycles. The van der Waals surface area contributed by atoms with Gasteiger partial charge in [0.05, 0.1) is 60.2 Å². The quantitative estimate of drug-likeness (QED) is 0.248. The number of imidazole rings is 1. The van der Waals surface area contributed by atoms with Gasteiger partial charge < -0.3 is 24.3 Å². The summed E-state index contributed by atoms with van der Waals surface area (Å²) < 4.78 is 16.3. The molecule has 0 saturated heterocycles. The first-order valence-corrected chi connectivity index (χ1v) is 12.3. The van der Waals surface area contributed by atoms with Crippen LogP contribution in [0.15, 0.2) is 67.5 Å². The van der Waals surface area contributed by atoms with Crippen LogP contribution in [0.1, 0.15) is 63.2 Å². The lowest BCUT2D eigenvalue weighted by atomic mass is 10.2. The number of esters is 3. The predicted molar refractivity (Wildman–Crippen MR) is 151 cm³/mol. The number of rotatable bonds is 7. The van der Waals surface area contributed by atoms with Crippen molar-refractivity contribution in [3.05, 3.63) is 95.6 Å². The smallest absolute Gasteiger partial charge is 0.341 e. The van der Waals surface area contributed by atoms with Gasteiger partial charge in [0.2, 0.25) is 0 Å².